The van der Waals surface area contributed by atoms with E-state index in [4.69, 9.17) is 5.11 Å². The van der Waals surface area contributed by atoms with Gasteiger partial charge in [0.1, 0.15) is 5.82 Å². The predicted octanol–water partition coefficient (Wildman–Crippen LogP) is 1.44. The number of piperidine rings is 1. The Hall–Kier alpha value is -1.62. The molecule has 1 saturated heterocycles. The van der Waals surface area contributed by atoms with E-state index in [0.29, 0.717) is 0 Å². The third-order valence-electron chi connectivity index (χ3n) is 3.61. The number of aromatic nitrogens is 1. The van der Waals surface area contributed by atoms with Crippen LogP contribution in [0, 0.1) is 5.92 Å². The SMILES string of the molecule is CN(C)c1ccc(CN2CCC(C(=O)O)CC2)cn1. The minimum atomic E-state index is -0.656. The molecule has 2 heterocycles. The molecule has 5 heteroatoms. The minimum Gasteiger partial charge on any atom is -0.481 e. The molecule has 0 aromatic carbocycles. The topological polar surface area (TPSA) is 56.7 Å². The molecular formula is C14H21N3O2. The maximum atomic E-state index is 10.9. The molecule has 1 N–H and O–H groups in total. The molecule has 1 aliphatic rings. The summed E-state index contributed by atoms with van der Waals surface area (Å²) in [5, 5.41) is 8.96. The van der Waals surface area contributed by atoms with E-state index >= 15 is 0 Å². The molecule has 0 saturated carbocycles. The molecule has 104 valence electrons. The highest BCUT2D eigenvalue weighted by Crippen LogP contribution is 2.19. The standard InChI is InChI=1S/C14H21N3O2/c1-16(2)13-4-3-11(9-15-13)10-17-7-5-12(6-8-17)14(18)19/h3-4,9,12H,5-8,10H2,1-2H3,(H,18,19). The Morgan fingerprint density at radius 3 is 2.58 bits per heavy atom. The fourth-order valence-corrected chi connectivity index (χ4v) is 2.37. The molecule has 1 aromatic rings. The zero-order valence-corrected chi connectivity index (χ0v) is 11.5. The van der Waals surface area contributed by atoms with E-state index in [9.17, 15) is 4.79 Å². The van der Waals surface area contributed by atoms with Crippen LogP contribution in [0.4, 0.5) is 5.82 Å². The lowest BCUT2D eigenvalue weighted by Gasteiger charge is -2.29. The molecule has 1 aromatic heterocycles. The van der Waals surface area contributed by atoms with Crippen molar-refractivity contribution in [2.75, 3.05) is 32.1 Å². The van der Waals surface area contributed by atoms with Gasteiger partial charge in [-0.15, -0.1) is 0 Å². The van der Waals surface area contributed by atoms with Crippen LogP contribution in [0.1, 0.15) is 18.4 Å². The van der Waals surface area contributed by atoms with E-state index in [1.165, 1.54) is 5.56 Å². The summed E-state index contributed by atoms with van der Waals surface area (Å²) in [6, 6.07) is 4.10. The number of hydrogen-bond donors (Lipinski definition) is 1. The second-order valence-corrected chi connectivity index (χ2v) is 5.31. The van der Waals surface area contributed by atoms with Gasteiger partial charge in [0.15, 0.2) is 0 Å². The van der Waals surface area contributed by atoms with Gasteiger partial charge in [-0.3, -0.25) is 9.69 Å². The second-order valence-electron chi connectivity index (χ2n) is 5.31. The lowest BCUT2D eigenvalue weighted by molar-refractivity contribution is -0.143. The van der Waals surface area contributed by atoms with Crippen molar-refractivity contribution in [3.63, 3.8) is 0 Å². The van der Waals surface area contributed by atoms with Gasteiger partial charge in [-0.1, -0.05) is 6.07 Å². The van der Waals surface area contributed by atoms with Crippen LogP contribution >= 0.6 is 0 Å². The zero-order chi connectivity index (χ0) is 13.8. The average Bonchev–Trinajstić information content (AvgIpc) is 2.40. The van der Waals surface area contributed by atoms with Gasteiger partial charge in [0.25, 0.3) is 0 Å². The van der Waals surface area contributed by atoms with Crippen LogP contribution < -0.4 is 4.90 Å². The first-order chi connectivity index (χ1) is 9.06. The molecule has 2 rings (SSSR count). The van der Waals surface area contributed by atoms with E-state index in [2.05, 4.69) is 16.0 Å². The first-order valence-electron chi connectivity index (χ1n) is 6.63. The normalized spacial score (nSPS) is 17.4. The largest absolute Gasteiger partial charge is 0.481 e. The average molecular weight is 263 g/mol. The van der Waals surface area contributed by atoms with E-state index < -0.39 is 5.97 Å². The summed E-state index contributed by atoms with van der Waals surface area (Å²) in [6.07, 6.45) is 3.40. The second kappa shape index (κ2) is 6.02. The van der Waals surface area contributed by atoms with Gasteiger partial charge in [-0.2, -0.15) is 0 Å². The molecule has 0 atom stereocenters. The molecule has 1 aliphatic heterocycles. The highest BCUT2D eigenvalue weighted by atomic mass is 16.4. The van der Waals surface area contributed by atoms with Crippen LogP contribution in [-0.2, 0) is 11.3 Å². The molecule has 1 fully saturated rings. The van der Waals surface area contributed by atoms with Crippen molar-refractivity contribution in [2.45, 2.75) is 19.4 Å². The summed E-state index contributed by atoms with van der Waals surface area (Å²) in [5.74, 6) is 0.135. The molecule has 19 heavy (non-hydrogen) atoms. The number of hydrogen-bond acceptors (Lipinski definition) is 4. The third-order valence-corrected chi connectivity index (χ3v) is 3.61. The number of anilines is 1. The summed E-state index contributed by atoms with van der Waals surface area (Å²) >= 11 is 0. The molecule has 5 nitrogen and oxygen atoms in total. The molecular weight excluding hydrogens is 242 g/mol. The fraction of sp³-hybridized carbons (Fsp3) is 0.571. The molecule has 0 amide bonds. The summed E-state index contributed by atoms with van der Waals surface area (Å²) in [5.41, 5.74) is 1.18. The Bertz CT molecular complexity index is 423. The highest BCUT2D eigenvalue weighted by Gasteiger charge is 2.24. The Morgan fingerprint density at radius 2 is 2.11 bits per heavy atom. The maximum Gasteiger partial charge on any atom is 0.306 e. The summed E-state index contributed by atoms with van der Waals surface area (Å²) in [4.78, 5) is 19.6. The Morgan fingerprint density at radius 1 is 1.42 bits per heavy atom. The summed E-state index contributed by atoms with van der Waals surface area (Å²) in [7, 11) is 3.94. The van der Waals surface area contributed by atoms with Crippen molar-refractivity contribution in [1.29, 1.82) is 0 Å². The Labute approximate surface area is 113 Å². The smallest absolute Gasteiger partial charge is 0.306 e. The molecule has 0 spiro atoms. The Kier molecular flexibility index (Phi) is 4.37. The van der Waals surface area contributed by atoms with E-state index in [-0.39, 0.29) is 5.92 Å². The lowest BCUT2D eigenvalue weighted by atomic mass is 9.97. The van der Waals surface area contributed by atoms with Gasteiger partial charge in [-0.25, -0.2) is 4.98 Å². The summed E-state index contributed by atoms with van der Waals surface area (Å²) < 4.78 is 0. The van der Waals surface area contributed by atoms with E-state index in [1.807, 2.05) is 31.3 Å². The summed E-state index contributed by atoms with van der Waals surface area (Å²) in [6.45, 7) is 2.56. The van der Waals surface area contributed by atoms with E-state index in [0.717, 1.165) is 38.3 Å². The van der Waals surface area contributed by atoms with Gasteiger partial charge in [0.05, 0.1) is 5.92 Å². The van der Waals surface area contributed by atoms with Crippen LogP contribution in [0.25, 0.3) is 0 Å². The monoisotopic (exact) mass is 263 g/mol. The van der Waals surface area contributed by atoms with Crippen molar-refractivity contribution >= 4 is 11.8 Å². The van der Waals surface area contributed by atoms with Crippen LogP contribution in [-0.4, -0.2) is 48.1 Å². The minimum absolute atomic E-state index is 0.162. The maximum absolute atomic E-state index is 10.9. The van der Waals surface area contributed by atoms with Gasteiger partial charge in [-0.05, 0) is 37.6 Å². The van der Waals surface area contributed by atoms with Crippen molar-refractivity contribution in [3.8, 4) is 0 Å². The number of carboxylic acids is 1. The Balaban J connectivity index is 1.87. The molecule has 0 radical (unpaired) electrons. The van der Waals surface area contributed by atoms with Crippen molar-refractivity contribution < 1.29 is 9.90 Å². The van der Waals surface area contributed by atoms with Gasteiger partial charge >= 0.3 is 5.97 Å². The third kappa shape index (κ3) is 3.67. The highest BCUT2D eigenvalue weighted by molar-refractivity contribution is 5.70. The van der Waals surface area contributed by atoms with Gasteiger partial charge in [0.2, 0.25) is 0 Å². The van der Waals surface area contributed by atoms with Gasteiger partial charge < -0.3 is 10.0 Å². The zero-order valence-electron chi connectivity index (χ0n) is 11.5. The van der Waals surface area contributed by atoms with Crippen molar-refractivity contribution in [3.05, 3.63) is 23.9 Å². The van der Waals surface area contributed by atoms with E-state index in [1.54, 1.807) is 0 Å². The van der Waals surface area contributed by atoms with Crippen LogP contribution in [0.5, 0.6) is 0 Å². The fourth-order valence-electron chi connectivity index (χ4n) is 2.37. The number of rotatable bonds is 4. The molecule has 0 unspecified atom stereocenters. The van der Waals surface area contributed by atoms with Crippen LogP contribution in [0.2, 0.25) is 0 Å². The van der Waals surface area contributed by atoms with Crippen molar-refractivity contribution in [2.24, 2.45) is 5.92 Å². The first kappa shape index (κ1) is 13.8. The number of carboxylic acid groups (broad SMARTS) is 1. The molecule has 0 aliphatic carbocycles. The number of aliphatic carboxylic acids is 1. The van der Waals surface area contributed by atoms with Crippen LogP contribution in [0.3, 0.4) is 0 Å². The van der Waals surface area contributed by atoms with Crippen LogP contribution in [0.15, 0.2) is 18.3 Å². The number of likely N-dealkylation sites (tertiary alicyclic amines) is 1. The van der Waals surface area contributed by atoms with Gasteiger partial charge in [0, 0.05) is 26.8 Å². The quantitative estimate of drug-likeness (QED) is 0.891. The number of nitrogens with zero attached hydrogens (tertiary/aromatic N) is 3. The van der Waals surface area contributed by atoms with Crippen molar-refractivity contribution in [1.82, 2.24) is 9.88 Å². The number of pyridine rings is 1. The lowest BCUT2D eigenvalue weighted by Crippen LogP contribution is -2.35. The number of carbonyl (C=O) groups is 1. The first-order valence-corrected chi connectivity index (χ1v) is 6.63. The molecule has 0 bridgehead atoms. The predicted molar refractivity (Wildman–Crippen MR) is 74.2 cm³/mol.